The van der Waals surface area contributed by atoms with Gasteiger partial charge in [-0.3, -0.25) is 14.8 Å². The van der Waals surface area contributed by atoms with Crippen molar-refractivity contribution in [3.63, 3.8) is 0 Å². The third-order valence-corrected chi connectivity index (χ3v) is 3.45. The number of nitrogens with zero attached hydrogens (tertiary/aromatic N) is 2. The van der Waals surface area contributed by atoms with Gasteiger partial charge < -0.3 is 0 Å². The van der Waals surface area contributed by atoms with Crippen molar-refractivity contribution in [2.45, 2.75) is 13.3 Å². The molecular weight excluding hydrogens is 248 g/mol. The molecule has 3 rings (SSSR count). The lowest BCUT2D eigenvalue weighted by atomic mass is 9.95. The summed E-state index contributed by atoms with van der Waals surface area (Å²) in [6.07, 6.45) is 7.71. The summed E-state index contributed by atoms with van der Waals surface area (Å²) in [5, 5.41) is 1.91. The molecule has 2 heterocycles. The molecule has 0 saturated heterocycles. The van der Waals surface area contributed by atoms with E-state index in [-0.39, 0.29) is 5.78 Å². The molecule has 0 saturated carbocycles. The number of fused-ring (bicyclic) bond motifs is 1. The van der Waals surface area contributed by atoms with Gasteiger partial charge in [-0.05, 0) is 29.5 Å². The largest absolute Gasteiger partial charge is 0.289 e. The average Bonchev–Trinajstić information content (AvgIpc) is 2.53. The van der Waals surface area contributed by atoms with Gasteiger partial charge in [0, 0.05) is 41.3 Å². The molecule has 98 valence electrons. The zero-order chi connectivity index (χ0) is 13.9. The van der Waals surface area contributed by atoms with Gasteiger partial charge in [0.2, 0.25) is 0 Å². The second kappa shape index (κ2) is 5.21. The van der Waals surface area contributed by atoms with Gasteiger partial charge in [-0.25, -0.2) is 0 Å². The van der Waals surface area contributed by atoms with E-state index in [1.807, 2.05) is 31.2 Å². The van der Waals surface area contributed by atoms with E-state index >= 15 is 0 Å². The standard InChI is InChI=1S/C17H14N2O/c1-2-12-10-18-9-7-15(12)17(20)16-5-3-4-13-11-19-8-6-14(13)16/h3-11H,2H2,1H3. The van der Waals surface area contributed by atoms with Gasteiger partial charge in [0.25, 0.3) is 0 Å². The second-order valence-corrected chi connectivity index (χ2v) is 4.62. The smallest absolute Gasteiger partial charge is 0.194 e. The Morgan fingerprint density at radius 2 is 1.80 bits per heavy atom. The van der Waals surface area contributed by atoms with E-state index in [1.165, 1.54) is 0 Å². The van der Waals surface area contributed by atoms with Gasteiger partial charge in [-0.1, -0.05) is 25.1 Å². The third kappa shape index (κ3) is 2.07. The Kier molecular flexibility index (Phi) is 3.25. The molecular formula is C17H14N2O. The molecule has 0 radical (unpaired) electrons. The molecule has 0 bridgehead atoms. The molecule has 1 aromatic carbocycles. The Balaban J connectivity index is 2.18. The van der Waals surface area contributed by atoms with Crippen LogP contribution < -0.4 is 0 Å². The number of hydrogen-bond donors (Lipinski definition) is 0. The van der Waals surface area contributed by atoms with Crippen molar-refractivity contribution in [3.05, 3.63) is 71.8 Å². The van der Waals surface area contributed by atoms with Crippen LogP contribution in [0.3, 0.4) is 0 Å². The van der Waals surface area contributed by atoms with E-state index in [4.69, 9.17) is 0 Å². The molecule has 0 unspecified atom stereocenters. The van der Waals surface area contributed by atoms with Crippen LogP contribution in [0.15, 0.2) is 55.1 Å². The minimum Gasteiger partial charge on any atom is -0.289 e. The predicted octanol–water partition coefficient (Wildman–Crippen LogP) is 3.42. The monoisotopic (exact) mass is 262 g/mol. The molecule has 2 aromatic heterocycles. The Morgan fingerprint density at radius 1 is 1.00 bits per heavy atom. The minimum absolute atomic E-state index is 0.0426. The van der Waals surface area contributed by atoms with Crippen LogP contribution in [0, 0.1) is 0 Å². The highest BCUT2D eigenvalue weighted by Gasteiger charge is 2.15. The van der Waals surface area contributed by atoms with E-state index in [2.05, 4.69) is 9.97 Å². The fourth-order valence-electron chi connectivity index (χ4n) is 2.40. The summed E-state index contributed by atoms with van der Waals surface area (Å²) in [5.41, 5.74) is 2.42. The number of benzene rings is 1. The Hall–Kier alpha value is -2.55. The Labute approximate surface area is 117 Å². The highest BCUT2D eigenvalue weighted by molar-refractivity contribution is 6.16. The Morgan fingerprint density at radius 3 is 2.65 bits per heavy atom. The lowest BCUT2D eigenvalue weighted by Gasteiger charge is -2.08. The summed E-state index contributed by atoms with van der Waals surface area (Å²) in [4.78, 5) is 21.0. The first-order valence-electron chi connectivity index (χ1n) is 6.61. The van der Waals surface area contributed by atoms with Crippen molar-refractivity contribution in [2.75, 3.05) is 0 Å². The lowest BCUT2D eigenvalue weighted by molar-refractivity contribution is 0.103. The van der Waals surface area contributed by atoms with Crippen molar-refractivity contribution in [1.82, 2.24) is 9.97 Å². The van der Waals surface area contributed by atoms with Crippen LogP contribution >= 0.6 is 0 Å². The molecule has 3 heteroatoms. The fraction of sp³-hybridized carbons (Fsp3) is 0.118. The van der Waals surface area contributed by atoms with E-state index < -0.39 is 0 Å². The first kappa shape index (κ1) is 12.5. The van der Waals surface area contributed by atoms with E-state index in [9.17, 15) is 4.79 Å². The molecule has 0 fully saturated rings. The first-order chi connectivity index (χ1) is 9.81. The van der Waals surface area contributed by atoms with Crippen LogP contribution in [0.4, 0.5) is 0 Å². The van der Waals surface area contributed by atoms with Crippen molar-refractivity contribution in [3.8, 4) is 0 Å². The lowest BCUT2D eigenvalue weighted by Crippen LogP contribution is -2.06. The number of aryl methyl sites for hydroxylation is 1. The number of pyridine rings is 2. The normalized spacial score (nSPS) is 10.7. The molecule has 0 aliphatic carbocycles. The van der Waals surface area contributed by atoms with Crippen molar-refractivity contribution in [2.24, 2.45) is 0 Å². The minimum atomic E-state index is 0.0426. The molecule has 20 heavy (non-hydrogen) atoms. The summed E-state index contributed by atoms with van der Waals surface area (Å²) in [6, 6.07) is 9.40. The van der Waals surface area contributed by atoms with E-state index in [0.717, 1.165) is 28.3 Å². The summed E-state index contributed by atoms with van der Waals surface area (Å²) < 4.78 is 0. The number of carbonyl (C=O) groups is 1. The maximum atomic E-state index is 12.8. The number of rotatable bonds is 3. The predicted molar refractivity (Wildman–Crippen MR) is 78.8 cm³/mol. The third-order valence-electron chi connectivity index (χ3n) is 3.45. The molecule has 0 atom stereocenters. The van der Waals surface area contributed by atoms with Crippen LogP contribution in [0.25, 0.3) is 10.8 Å². The maximum absolute atomic E-state index is 12.8. The van der Waals surface area contributed by atoms with Gasteiger partial charge in [-0.2, -0.15) is 0 Å². The van der Waals surface area contributed by atoms with Crippen molar-refractivity contribution < 1.29 is 4.79 Å². The SMILES string of the molecule is CCc1cnccc1C(=O)c1cccc2cnccc12. The topological polar surface area (TPSA) is 42.9 Å². The molecule has 0 N–H and O–H groups in total. The summed E-state index contributed by atoms with van der Waals surface area (Å²) in [7, 11) is 0. The highest BCUT2D eigenvalue weighted by Crippen LogP contribution is 2.22. The molecule has 0 spiro atoms. The highest BCUT2D eigenvalue weighted by atomic mass is 16.1. The average molecular weight is 262 g/mol. The van der Waals surface area contributed by atoms with Crippen LogP contribution in [-0.2, 0) is 6.42 Å². The summed E-state index contributed by atoms with van der Waals surface area (Å²) >= 11 is 0. The maximum Gasteiger partial charge on any atom is 0.194 e. The molecule has 3 aromatic rings. The van der Waals surface area contributed by atoms with Gasteiger partial charge in [0.1, 0.15) is 0 Å². The fourth-order valence-corrected chi connectivity index (χ4v) is 2.40. The van der Waals surface area contributed by atoms with Crippen molar-refractivity contribution in [1.29, 1.82) is 0 Å². The summed E-state index contributed by atoms with van der Waals surface area (Å²) in [5.74, 6) is 0.0426. The van der Waals surface area contributed by atoms with E-state index in [1.54, 1.807) is 30.9 Å². The van der Waals surface area contributed by atoms with Gasteiger partial charge in [-0.15, -0.1) is 0 Å². The molecule has 0 amide bonds. The van der Waals surface area contributed by atoms with Crippen LogP contribution in [0.2, 0.25) is 0 Å². The number of carbonyl (C=O) groups excluding carboxylic acids is 1. The van der Waals surface area contributed by atoms with Crippen LogP contribution in [0.1, 0.15) is 28.4 Å². The molecule has 3 nitrogen and oxygen atoms in total. The number of aromatic nitrogens is 2. The van der Waals surface area contributed by atoms with Crippen LogP contribution in [0.5, 0.6) is 0 Å². The van der Waals surface area contributed by atoms with Gasteiger partial charge >= 0.3 is 0 Å². The zero-order valence-corrected chi connectivity index (χ0v) is 11.2. The first-order valence-corrected chi connectivity index (χ1v) is 6.61. The zero-order valence-electron chi connectivity index (χ0n) is 11.2. The van der Waals surface area contributed by atoms with Crippen LogP contribution in [-0.4, -0.2) is 15.8 Å². The van der Waals surface area contributed by atoms with Gasteiger partial charge in [0.05, 0.1) is 0 Å². The molecule has 0 aliphatic heterocycles. The molecule has 0 aliphatic rings. The Bertz CT molecular complexity index is 775. The quantitative estimate of drug-likeness (QED) is 0.679. The summed E-state index contributed by atoms with van der Waals surface area (Å²) in [6.45, 7) is 2.03. The van der Waals surface area contributed by atoms with E-state index in [0.29, 0.717) is 5.56 Å². The van der Waals surface area contributed by atoms with Gasteiger partial charge in [0.15, 0.2) is 5.78 Å². The number of ketones is 1. The van der Waals surface area contributed by atoms with Crippen molar-refractivity contribution >= 4 is 16.6 Å². The number of hydrogen-bond acceptors (Lipinski definition) is 3. The second-order valence-electron chi connectivity index (χ2n) is 4.62.